The van der Waals surface area contributed by atoms with Gasteiger partial charge in [0.1, 0.15) is 11.6 Å². The van der Waals surface area contributed by atoms with Crippen LogP contribution >= 0.6 is 24.0 Å². The predicted octanol–water partition coefficient (Wildman–Crippen LogP) is 2.40. The van der Waals surface area contributed by atoms with Gasteiger partial charge in [0.25, 0.3) is 0 Å². The van der Waals surface area contributed by atoms with E-state index in [1.165, 1.54) is 12.8 Å². The molecule has 1 fully saturated rings. The molecule has 1 aromatic rings. The summed E-state index contributed by atoms with van der Waals surface area (Å²) in [7, 11) is 2.04. The van der Waals surface area contributed by atoms with Gasteiger partial charge in [0, 0.05) is 18.7 Å². The van der Waals surface area contributed by atoms with Crippen molar-refractivity contribution in [2.24, 2.45) is 10.7 Å². The molecule has 1 aromatic carbocycles. The van der Waals surface area contributed by atoms with Crippen molar-refractivity contribution in [1.29, 1.82) is 0 Å². The minimum atomic E-state index is -0.561. The molecule has 0 heterocycles. The fraction of sp³-hybridized carbons (Fsp3) is 0.462. The lowest BCUT2D eigenvalue weighted by Crippen LogP contribution is -2.27. The third kappa shape index (κ3) is 5.20. The normalized spacial score (nSPS) is 15.1. The lowest BCUT2D eigenvalue weighted by molar-refractivity contribution is 0.334. The number of nitrogens with zero attached hydrogens (tertiary/aromatic N) is 2. The summed E-state index contributed by atoms with van der Waals surface area (Å²) in [5.41, 5.74) is 5.63. The van der Waals surface area contributed by atoms with E-state index in [9.17, 15) is 8.78 Å². The maximum absolute atomic E-state index is 13.3. The average molecular weight is 396 g/mol. The highest BCUT2D eigenvalue weighted by atomic mass is 127. The SMILES string of the molecule is CN(CCN=C(N)Nc1cc(F)ccc1F)C1CC1.I. The second-order valence-electron chi connectivity index (χ2n) is 4.73. The van der Waals surface area contributed by atoms with Gasteiger partial charge in [-0.15, -0.1) is 24.0 Å². The van der Waals surface area contributed by atoms with Crippen LogP contribution in [0.3, 0.4) is 0 Å². The first kappa shape index (κ1) is 17.1. The Bertz CT molecular complexity index is 477. The molecule has 0 aromatic heterocycles. The zero-order valence-electron chi connectivity index (χ0n) is 11.3. The summed E-state index contributed by atoms with van der Waals surface area (Å²) in [5, 5.41) is 2.56. The molecule has 2 rings (SSSR count). The molecule has 0 radical (unpaired) electrons. The number of nitrogens with one attached hydrogen (secondary N) is 1. The number of hydrogen-bond donors (Lipinski definition) is 2. The Hall–Kier alpha value is -0.960. The third-order valence-corrected chi connectivity index (χ3v) is 3.10. The number of anilines is 1. The molecule has 0 amide bonds. The van der Waals surface area contributed by atoms with Crippen LogP contribution in [-0.2, 0) is 0 Å². The number of hydrogen-bond acceptors (Lipinski definition) is 2. The number of benzene rings is 1. The van der Waals surface area contributed by atoms with Crippen molar-refractivity contribution >= 4 is 35.6 Å². The van der Waals surface area contributed by atoms with Crippen molar-refractivity contribution in [3.63, 3.8) is 0 Å². The van der Waals surface area contributed by atoms with Crippen molar-refractivity contribution in [2.75, 3.05) is 25.5 Å². The van der Waals surface area contributed by atoms with Gasteiger partial charge in [0.2, 0.25) is 0 Å². The van der Waals surface area contributed by atoms with Crippen LogP contribution in [0.4, 0.5) is 14.5 Å². The fourth-order valence-electron chi connectivity index (χ4n) is 1.80. The van der Waals surface area contributed by atoms with E-state index in [0.717, 1.165) is 24.7 Å². The summed E-state index contributed by atoms with van der Waals surface area (Å²) in [5.74, 6) is -0.992. The van der Waals surface area contributed by atoms with E-state index >= 15 is 0 Å². The summed E-state index contributed by atoms with van der Waals surface area (Å²) in [6, 6.07) is 3.82. The van der Waals surface area contributed by atoms with Gasteiger partial charge in [-0.05, 0) is 32.0 Å². The molecule has 3 N–H and O–H groups in total. The summed E-state index contributed by atoms with van der Waals surface area (Å²) < 4.78 is 26.3. The van der Waals surface area contributed by atoms with Crippen molar-refractivity contribution in [3.05, 3.63) is 29.8 Å². The van der Waals surface area contributed by atoms with E-state index in [4.69, 9.17) is 5.73 Å². The van der Waals surface area contributed by atoms with E-state index in [0.29, 0.717) is 12.6 Å². The van der Waals surface area contributed by atoms with Crippen molar-refractivity contribution in [3.8, 4) is 0 Å². The summed E-state index contributed by atoms with van der Waals surface area (Å²) in [4.78, 5) is 6.31. The molecule has 4 nitrogen and oxygen atoms in total. The maximum Gasteiger partial charge on any atom is 0.193 e. The van der Waals surface area contributed by atoms with Crippen molar-refractivity contribution < 1.29 is 8.78 Å². The predicted molar refractivity (Wildman–Crippen MR) is 87.5 cm³/mol. The van der Waals surface area contributed by atoms with Crippen LogP contribution < -0.4 is 11.1 Å². The molecule has 0 atom stereocenters. The second kappa shape index (κ2) is 7.72. The van der Waals surface area contributed by atoms with E-state index in [2.05, 4.69) is 15.2 Å². The van der Waals surface area contributed by atoms with Crippen LogP contribution in [0.1, 0.15) is 12.8 Å². The third-order valence-electron chi connectivity index (χ3n) is 3.10. The molecule has 7 heteroatoms. The average Bonchev–Trinajstić information content (AvgIpc) is 3.18. The van der Waals surface area contributed by atoms with Gasteiger partial charge in [-0.1, -0.05) is 0 Å². The number of nitrogens with two attached hydrogens (primary N) is 1. The minimum absolute atomic E-state index is 0. The number of rotatable bonds is 5. The molecule has 1 saturated carbocycles. The quantitative estimate of drug-likeness (QED) is 0.457. The molecule has 1 aliphatic carbocycles. The first-order chi connectivity index (χ1) is 9.06. The number of halogens is 3. The molecule has 0 unspecified atom stereocenters. The summed E-state index contributed by atoms with van der Waals surface area (Å²) in [6.07, 6.45) is 2.48. The fourth-order valence-corrected chi connectivity index (χ4v) is 1.80. The standard InChI is InChI=1S/C13H18F2N4.HI/c1-19(10-3-4-10)7-6-17-13(16)18-12-8-9(14)2-5-11(12)15;/h2,5,8,10H,3-4,6-7H2,1H3,(H3,16,17,18);1H. The molecule has 0 aliphatic heterocycles. The van der Waals surface area contributed by atoms with Gasteiger partial charge in [-0.3, -0.25) is 4.99 Å². The van der Waals surface area contributed by atoms with Crippen LogP contribution in [-0.4, -0.2) is 37.0 Å². The van der Waals surface area contributed by atoms with E-state index in [1.54, 1.807) is 0 Å². The number of likely N-dealkylation sites (N-methyl/N-ethyl adjacent to an activating group) is 1. The molecule has 20 heavy (non-hydrogen) atoms. The van der Waals surface area contributed by atoms with Crippen LogP contribution in [0.2, 0.25) is 0 Å². The second-order valence-corrected chi connectivity index (χ2v) is 4.73. The Morgan fingerprint density at radius 1 is 1.45 bits per heavy atom. The summed E-state index contributed by atoms with van der Waals surface area (Å²) in [6.45, 7) is 1.33. The largest absolute Gasteiger partial charge is 0.370 e. The van der Waals surface area contributed by atoms with E-state index < -0.39 is 11.6 Å². The maximum atomic E-state index is 13.3. The summed E-state index contributed by atoms with van der Waals surface area (Å²) >= 11 is 0. The number of guanidine groups is 1. The van der Waals surface area contributed by atoms with Gasteiger partial charge in [0.05, 0.1) is 12.2 Å². The molecule has 1 aliphatic rings. The highest BCUT2D eigenvalue weighted by Crippen LogP contribution is 2.24. The Kier molecular flexibility index (Phi) is 6.60. The molecule has 112 valence electrons. The monoisotopic (exact) mass is 396 g/mol. The Morgan fingerprint density at radius 3 is 2.80 bits per heavy atom. The van der Waals surface area contributed by atoms with Crippen LogP contribution in [0.15, 0.2) is 23.2 Å². The Morgan fingerprint density at radius 2 is 2.15 bits per heavy atom. The van der Waals surface area contributed by atoms with Gasteiger partial charge in [-0.2, -0.15) is 0 Å². The zero-order valence-corrected chi connectivity index (χ0v) is 13.6. The molecular weight excluding hydrogens is 377 g/mol. The smallest absolute Gasteiger partial charge is 0.193 e. The van der Waals surface area contributed by atoms with Crippen molar-refractivity contribution in [2.45, 2.75) is 18.9 Å². The van der Waals surface area contributed by atoms with Gasteiger partial charge >= 0.3 is 0 Å². The van der Waals surface area contributed by atoms with Gasteiger partial charge in [-0.25, -0.2) is 8.78 Å². The first-order valence-electron chi connectivity index (χ1n) is 6.28. The molecule has 0 spiro atoms. The van der Waals surface area contributed by atoms with Crippen LogP contribution in [0.5, 0.6) is 0 Å². The first-order valence-corrected chi connectivity index (χ1v) is 6.28. The van der Waals surface area contributed by atoms with E-state index in [-0.39, 0.29) is 35.6 Å². The molecule has 0 saturated heterocycles. The lowest BCUT2D eigenvalue weighted by atomic mass is 10.3. The highest BCUT2D eigenvalue weighted by Gasteiger charge is 2.25. The zero-order chi connectivity index (χ0) is 13.8. The highest BCUT2D eigenvalue weighted by molar-refractivity contribution is 14.0. The Balaban J connectivity index is 0.00000200. The van der Waals surface area contributed by atoms with Gasteiger partial charge < -0.3 is 16.0 Å². The Labute approximate surface area is 134 Å². The topological polar surface area (TPSA) is 53.6 Å². The number of aliphatic imine (C=N–C) groups is 1. The van der Waals surface area contributed by atoms with Crippen LogP contribution in [0.25, 0.3) is 0 Å². The minimum Gasteiger partial charge on any atom is -0.370 e. The van der Waals surface area contributed by atoms with Gasteiger partial charge in [0.15, 0.2) is 5.96 Å². The van der Waals surface area contributed by atoms with Crippen LogP contribution in [0, 0.1) is 11.6 Å². The molecular formula is C13H19F2IN4. The molecule has 0 bridgehead atoms. The lowest BCUT2D eigenvalue weighted by Gasteiger charge is -2.13. The van der Waals surface area contributed by atoms with E-state index in [1.807, 2.05) is 7.05 Å². The van der Waals surface area contributed by atoms with Crippen molar-refractivity contribution in [1.82, 2.24) is 4.90 Å².